The Morgan fingerprint density at radius 2 is 2.08 bits per heavy atom. The molecule has 9 heteroatoms. The quantitative estimate of drug-likeness (QED) is 0.599. The highest BCUT2D eigenvalue weighted by Gasteiger charge is 2.10. The third-order valence-electron chi connectivity index (χ3n) is 3.35. The van der Waals surface area contributed by atoms with Crippen molar-refractivity contribution in [3.05, 3.63) is 60.4 Å². The van der Waals surface area contributed by atoms with Crippen LogP contribution in [0.15, 0.2) is 53.3 Å². The van der Waals surface area contributed by atoms with Crippen LogP contribution < -0.4 is 5.32 Å². The van der Waals surface area contributed by atoms with Gasteiger partial charge < -0.3 is 9.73 Å². The maximum Gasteiger partial charge on any atom is 0.251 e. The van der Waals surface area contributed by atoms with Gasteiger partial charge >= 0.3 is 0 Å². The van der Waals surface area contributed by atoms with Gasteiger partial charge in [-0.3, -0.25) is 4.79 Å². The van der Waals surface area contributed by atoms with Crippen LogP contribution in [-0.4, -0.2) is 36.1 Å². The molecule has 0 saturated heterocycles. The molecule has 0 aliphatic rings. The highest BCUT2D eigenvalue weighted by atomic mass is 16.3. The number of hydrogen-bond acceptors (Lipinski definition) is 7. The van der Waals surface area contributed by atoms with E-state index in [0.717, 1.165) is 5.69 Å². The van der Waals surface area contributed by atoms with E-state index in [2.05, 4.69) is 30.8 Å². The summed E-state index contributed by atoms with van der Waals surface area (Å²) >= 11 is 0. The zero-order valence-corrected chi connectivity index (χ0v) is 12.3. The van der Waals surface area contributed by atoms with Crippen molar-refractivity contribution in [2.24, 2.45) is 0 Å². The molecule has 4 aromatic rings. The number of carbonyl (C=O) groups excluding carboxylic acids is 1. The molecule has 0 spiro atoms. The topological polar surface area (TPSA) is 112 Å². The maximum absolute atomic E-state index is 12.2. The maximum atomic E-state index is 12.2. The number of nitrogens with zero attached hydrogens (tertiary/aromatic N) is 6. The number of nitrogens with one attached hydrogen (secondary N) is 1. The van der Waals surface area contributed by atoms with Gasteiger partial charge in [0.05, 0.1) is 12.2 Å². The number of oxazole rings is 1. The Labute approximate surface area is 135 Å². The molecule has 0 aliphatic carbocycles. The van der Waals surface area contributed by atoms with Gasteiger partial charge in [-0.2, -0.15) is 4.98 Å². The van der Waals surface area contributed by atoms with E-state index in [-0.39, 0.29) is 12.5 Å². The van der Waals surface area contributed by atoms with Crippen molar-refractivity contribution >= 4 is 17.1 Å². The zero-order chi connectivity index (χ0) is 16.4. The minimum absolute atomic E-state index is 0.184. The summed E-state index contributed by atoms with van der Waals surface area (Å²) < 4.78 is 7.02. The van der Waals surface area contributed by atoms with Crippen molar-refractivity contribution in [3.63, 3.8) is 0 Å². The number of carbonyl (C=O) groups is 1. The van der Waals surface area contributed by atoms with Gasteiger partial charge in [0.15, 0.2) is 11.2 Å². The number of pyridine rings is 1. The molecule has 0 atom stereocenters. The van der Waals surface area contributed by atoms with Crippen LogP contribution in [0.25, 0.3) is 16.9 Å². The van der Waals surface area contributed by atoms with Gasteiger partial charge in [-0.1, -0.05) is 0 Å². The molecular weight excluding hydrogens is 310 g/mol. The number of benzene rings is 1. The molecule has 118 valence electrons. The van der Waals surface area contributed by atoms with E-state index in [4.69, 9.17) is 4.42 Å². The van der Waals surface area contributed by atoms with E-state index >= 15 is 0 Å². The molecule has 0 fully saturated rings. The molecule has 0 radical (unpaired) electrons. The van der Waals surface area contributed by atoms with Gasteiger partial charge in [-0.05, 0) is 46.8 Å². The van der Waals surface area contributed by atoms with Gasteiger partial charge in [0.1, 0.15) is 6.33 Å². The van der Waals surface area contributed by atoms with E-state index in [0.29, 0.717) is 22.7 Å². The van der Waals surface area contributed by atoms with Crippen molar-refractivity contribution in [2.75, 3.05) is 0 Å². The Hall–Kier alpha value is -3.62. The van der Waals surface area contributed by atoms with Gasteiger partial charge in [0, 0.05) is 11.8 Å². The summed E-state index contributed by atoms with van der Waals surface area (Å²) in [5.41, 5.74) is 2.39. The van der Waals surface area contributed by atoms with Crippen LogP contribution in [0.1, 0.15) is 16.2 Å². The van der Waals surface area contributed by atoms with Gasteiger partial charge in [0.25, 0.3) is 5.91 Å². The molecule has 1 amide bonds. The van der Waals surface area contributed by atoms with Crippen LogP contribution in [0.5, 0.6) is 0 Å². The minimum Gasteiger partial charge on any atom is -0.437 e. The average Bonchev–Trinajstić information content (AvgIpc) is 3.29. The summed E-state index contributed by atoms with van der Waals surface area (Å²) in [6, 6.07) is 10.4. The second kappa shape index (κ2) is 5.88. The van der Waals surface area contributed by atoms with Crippen LogP contribution in [-0.2, 0) is 6.54 Å². The smallest absolute Gasteiger partial charge is 0.251 e. The van der Waals surface area contributed by atoms with Crippen molar-refractivity contribution in [1.82, 2.24) is 35.5 Å². The first-order valence-corrected chi connectivity index (χ1v) is 7.12. The summed E-state index contributed by atoms with van der Waals surface area (Å²) in [5, 5.41) is 13.7. The molecule has 9 nitrogen and oxygen atoms in total. The fraction of sp³-hybridized carbons (Fsp3) is 0.0667. The first kappa shape index (κ1) is 14.0. The number of aromatic nitrogens is 6. The molecule has 0 aliphatic heterocycles. The standard InChI is InChI=1S/C15H11N7O2/c23-15(10-3-5-11(6-4-10)22-9-18-20-21-22)17-8-13-19-14-12(24-13)2-1-7-16-14/h1-7,9H,8H2,(H,17,23). The summed E-state index contributed by atoms with van der Waals surface area (Å²) in [5.74, 6) is 0.177. The lowest BCUT2D eigenvalue weighted by molar-refractivity contribution is 0.0947. The first-order chi connectivity index (χ1) is 11.8. The Morgan fingerprint density at radius 1 is 1.21 bits per heavy atom. The molecule has 1 aromatic carbocycles. The highest BCUT2D eigenvalue weighted by molar-refractivity contribution is 5.94. The molecular formula is C15H11N7O2. The van der Waals surface area contributed by atoms with Crippen LogP contribution in [0.3, 0.4) is 0 Å². The fourth-order valence-electron chi connectivity index (χ4n) is 2.19. The predicted octanol–water partition coefficient (Wildman–Crippen LogP) is 1.13. The molecule has 24 heavy (non-hydrogen) atoms. The van der Waals surface area contributed by atoms with E-state index < -0.39 is 0 Å². The number of tetrazole rings is 1. The molecule has 4 rings (SSSR count). The lowest BCUT2D eigenvalue weighted by Crippen LogP contribution is -2.22. The van der Waals surface area contributed by atoms with E-state index in [1.165, 1.54) is 11.0 Å². The second-order valence-electron chi connectivity index (χ2n) is 4.92. The Kier molecular flexibility index (Phi) is 3.43. The van der Waals surface area contributed by atoms with E-state index in [1.54, 1.807) is 42.6 Å². The Balaban J connectivity index is 1.44. The average molecular weight is 321 g/mol. The summed E-state index contributed by atoms with van der Waals surface area (Å²) in [7, 11) is 0. The van der Waals surface area contributed by atoms with Crippen molar-refractivity contribution in [2.45, 2.75) is 6.54 Å². The summed E-state index contributed by atoms with van der Waals surface area (Å²) in [6.07, 6.45) is 3.12. The predicted molar refractivity (Wildman–Crippen MR) is 82.1 cm³/mol. The Bertz CT molecular complexity index is 944. The van der Waals surface area contributed by atoms with Gasteiger partial charge in [-0.25, -0.2) is 9.67 Å². The summed E-state index contributed by atoms with van der Waals surface area (Å²) in [4.78, 5) is 20.5. The number of rotatable bonds is 4. The van der Waals surface area contributed by atoms with Crippen molar-refractivity contribution < 1.29 is 9.21 Å². The number of fused-ring (bicyclic) bond motifs is 1. The number of hydrogen-bond donors (Lipinski definition) is 1. The molecule has 3 aromatic heterocycles. The van der Waals surface area contributed by atoms with Crippen LogP contribution in [0, 0.1) is 0 Å². The lowest BCUT2D eigenvalue weighted by atomic mass is 10.2. The molecule has 0 bridgehead atoms. The van der Waals surface area contributed by atoms with E-state index in [1.807, 2.05) is 0 Å². The normalized spacial score (nSPS) is 10.8. The minimum atomic E-state index is -0.228. The number of amides is 1. The van der Waals surface area contributed by atoms with Crippen LogP contribution >= 0.6 is 0 Å². The monoisotopic (exact) mass is 321 g/mol. The molecule has 3 heterocycles. The van der Waals surface area contributed by atoms with Crippen LogP contribution in [0.2, 0.25) is 0 Å². The fourth-order valence-corrected chi connectivity index (χ4v) is 2.19. The Morgan fingerprint density at radius 3 is 2.83 bits per heavy atom. The first-order valence-electron chi connectivity index (χ1n) is 7.12. The molecule has 1 N–H and O–H groups in total. The lowest BCUT2D eigenvalue weighted by Gasteiger charge is -2.04. The second-order valence-corrected chi connectivity index (χ2v) is 4.92. The van der Waals surface area contributed by atoms with Crippen molar-refractivity contribution in [3.8, 4) is 5.69 Å². The SMILES string of the molecule is O=C(NCc1nc2ncccc2o1)c1ccc(-n2cnnn2)cc1. The third kappa shape index (κ3) is 2.70. The van der Waals surface area contributed by atoms with Gasteiger partial charge in [-0.15, -0.1) is 5.10 Å². The largest absolute Gasteiger partial charge is 0.437 e. The zero-order valence-electron chi connectivity index (χ0n) is 12.3. The molecule has 0 saturated carbocycles. The molecule has 0 unspecified atom stereocenters. The summed E-state index contributed by atoms with van der Waals surface area (Å²) in [6.45, 7) is 0.184. The van der Waals surface area contributed by atoms with Crippen LogP contribution in [0.4, 0.5) is 0 Å². The van der Waals surface area contributed by atoms with Crippen molar-refractivity contribution in [1.29, 1.82) is 0 Å². The van der Waals surface area contributed by atoms with E-state index in [9.17, 15) is 4.79 Å². The highest BCUT2D eigenvalue weighted by Crippen LogP contribution is 2.12. The third-order valence-corrected chi connectivity index (χ3v) is 3.35. The van der Waals surface area contributed by atoms with Gasteiger partial charge in [0.2, 0.25) is 5.89 Å².